The SMILES string of the molecule is O=C(O)C1CCN(c2ccc3oc(-c4ccc(-c5ccccc5OCCF)c(C(F)(F)F)c4)nc3c2)CC1. The molecular weight excluding hydrogens is 504 g/mol. The van der Waals surface area contributed by atoms with Crippen LogP contribution >= 0.6 is 0 Å². The van der Waals surface area contributed by atoms with Gasteiger partial charge in [0.05, 0.1) is 11.5 Å². The van der Waals surface area contributed by atoms with Crippen molar-refractivity contribution in [2.45, 2.75) is 19.0 Å². The number of para-hydroxylation sites is 1. The van der Waals surface area contributed by atoms with Crippen LogP contribution in [0.3, 0.4) is 0 Å². The number of fused-ring (bicyclic) bond motifs is 1. The molecule has 3 aromatic carbocycles. The number of carboxylic acid groups (broad SMARTS) is 1. The monoisotopic (exact) mass is 528 g/mol. The number of halogens is 4. The summed E-state index contributed by atoms with van der Waals surface area (Å²) in [6, 6.07) is 15.4. The Balaban J connectivity index is 1.48. The summed E-state index contributed by atoms with van der Waals surface area (Å²) in [5.41, 5.74) is 1.12. The average Bonchev–Trinajstić information content (AvgIpc) is 3.35. The van der Waals surface area contributed by atoms with Crippen LogP contribution < -0.4 is 9.64 Å². The van der Waals surface area contributed by atoms with E-state index in [1.165, 1.54) is 24.3 Å². The Bertz CT molecular complexity index is 1460. The fourth-order valence-corrected chi connectivity index (χ4v) is 4.73. The van der Waals surface area contributed by atoms with Crippen molar-refractivity contribution >= 4 is 22.8 Å². The summed E-state index contributed by atoms with van der Waals surface area (Å²) in [5.74, 6) is -0.950. The van der Waals surface area contributed by atoms with E-state index in [0.29, 0.717) is 37.0 Å². The normalized spacial score (nSPS) is 14.7. The van der Waals surface area contributed by atoms with E-state index < -0.39 is 24.4 Å². The van der Waals surface area contributed by atoms with Gasteiger partial charge in [-0.3, -0.25) is 4.79 Å². The number of aliphatic carboxylic acids is 1. The van der Waals surface area contributed by atoms with Gasteiger partial charge in [0, 0.05) is 29.9 Å². The van der Waals surface area contributed by atoms with Crippen molar-refractivity contribution in [3.8, 4) is 28.3 Å². The van der Waals surface area contributed by atoms with Crippen molar-refractivity contribution in [2.24, 2.45) is 5.92 Å². The summed E-state index contributed by atoms with van der Waals surface area (Å²) in [6.07, 6.45) is -3.61. The van der Waals surface area contributed by atoms with E-state index in [4.69, 9.17) is 9.15 Å². The standard InChI is InChI=1S/C28H24F4N2O4/c29-11-14-37-24-4-2-1-3-21(24)20-7-5-18(15-22(20)28(30,31)32)26-33-23-16-19(6-8-25(23)38-26)34-12-9-17(10-13-34)27(35)36/h1-8,15-17H,9-14H2,(H,35,36). The smallest absolute Gasteiger partial charge is 0.417 e. The molecule has 0 spiro atoms. The first kappa shape index (κ1) is 25.6. The number of alkyl halides is 4. The first-order valence-electron chi connectivity index (χ1n) is 12.1. The maximum atomic E-state index is 14.2. The second-order valence-electron chi connectivity index (χ2n) is 9.06. The topological polar surface area (TPSA) is 75.8 Å². The molecule has 1 aliphatic heterocycles. The van der Waals surface area contributed by atoms with Gasteiger partial charge in [-0.2, -0.15) is 13.2 Å². The second kappa shape index (κ2) is 10.4. The highest BCUT2D eigenvalue weighted by molar-refractivity contribution is 5.82. The number of carbonyl (C=O) groups is 1. The number of anilines is 1. The van der Waals surface area contributed by atoms with E-state index in [9.17, 15) is 27.5 Å². The lowest BCUT2D eigenvalue weighted by atomic mass is 9.96. The largest absolute Gasteiger partial charge is 0.490 e. The van der Waals surface area contributed by atoms with Gasteiger partial charge in [-0.25, -0.2) is 9.37 Å². The maximum Gasteiger partial charge on any atom is 0.417 e. The molecule has 1 saturated heterocycles. The summed E-state index contributed by atoms with van der Waals surface area (Å²) in [5, 5.41) is 9.22. The molecule has 1 aliphatic rings. The van der Waals surface area contributed by atoms with Crippen LogP contribution in [0.1, 0.15) is 18.4 Å². The molecule has 0 radical (unpaired) electrons. The number of oxazole rings is 1. The first-order chi connectivity index (χ1) is 18.2. The molecule has 0 amide bonds. The Labute approximate surface area is 215 Å². The molecule has 5 rings (SSSR count). The molecule has 10 heteroatoms. The van der Waals surface area contributed by atoms with Gasteiger partial charge in [0.25, 0.3) is 0 Å². The van der Waals surface area contributed by atoms with Gasteiger partial charge in [0.15, 0.2) is 5.58 Å². The van der Waals surface area contributed by atoms with Crippen LogP contribution in [0.15, 0.2) is 65.1 Å². The Morgan fingerprint density at radius 1 is 1.05 bits per heavy atom. The van der Waals surface area contributed by atoms with Crippen molar-refractivity contribution in [1.82, 2.24) is 4.98 Å². The highest BCUT2D eigenvalue weighted by Gasteiger charge is 2.35. The lowest BCUT2D eigenvalue weighted by Crippen LogP contribution is -2.36. The molecule has 198 valence electrons. The van der Waals surface area contributed by atoms with Crippen molar-refractivity contribution in [1.29, 1.82) is 0 Å². The number of aromatic nitrogens is 1. The third kappa shape index (κ3) is 5.16. The molecule has 0 saturated carbocycles. The number of piperidine rings is 1. The summed E-state index contributed by atoms with van der Waals surface area (Å²) < 4.78 is 66.2. The summed E-state index contributed by atoms with van der Waals surface area (Å²) in [6.45, 7) is 0.137. The molecule has 1 aromatic heterocycles. The van der Waals surface area contributed by atoms with E-state index >= 15 is 0 Å². The fraction of sp³-hybridized carbons (Fsp3) is 0.286. The van der Waals surface area contributed by atoms with Crippen LogP contribution in [0.2, 0.25) is 0 Å². The van der Waals surface area contributed by atoms with Crippen molar-refractivity contribution in [3.05, 3.63) is 66.2 Å². The van der Waals surface area contributed by atoms with Gasteiger partial charge < -0.3 is 19.2 Å². The molecule has 0 bridgehead atoms. The molecule has 6 nitrogen and oxygen atoms in total. The van der Waals surface area contributed by atoms with Crippen molar-refractivity contribution < 1.29 is 36.6 Å². The minimum Gasteiger partial charge on any atom is -0.490 e. The van der Waals surface area contributed by atoms with Gasteiger partial charge in [-0.05, 0) is 54.8 Å². The van der Waals surface area contributed by atoms with Crippen molar-refractivity contribution in [2.75, 3.05) is 31.3 Å². The zero-order chi connectivity index (χ0) is 26.9. The number of hydrogen-bond acceptors (Lipinski definition) is 5. The number of hydrogen-bond donors (Lipinski definition) is 1. The number of benzene rings is 3. The quantitative estimate of drug-likeness (QED) is 0.265. The lowest BCUT2D eigenvalue weighted by Gasteiger charge is -2.31. The molecule has 4 aromatic rings. The molecule has 1 fully saturated rings. The molecule has 0 atom stereocenters. The highest BCUT2D eigenvalue weighted by Crippen LogP contribution is 2.42. The molecule has 0 aliphatic carbocycles. The Morgan fingerprint density at radius 2 is 1.82 bits per heavy atom. The third-order valence-electron chi connectivity index (χ3n) is 6.66. The Morgan fingerprint density at radius 3 is 2.53 bits per heavy atom. The molecule has 1 N–H and O–H groups in total. The maximum absolute atomic E-state index is 14.2. The Hall–Kier alpha value is -4.08. The summed E-state index contributed by atoms with van der Waals surface area (Å²) in [7, 11) is 0. The minimum absolute atomic E-state index is 0.0424. The highest BCUT2D eigenvalue weighted by atomic mass is 19.4. The number of carboxylic acids is 1. The molecule has 0 unspecified atom stereocenters. The van der Waals surface area contributed by atoms with E-state index in [0.717, 1.165) is 11.8 Å². The second-order valence-corrected chi connectivity index (χ2v) is 9.06. The van der Waals surface area contributed by atoms with E-state index in [1.54, 1.807) is 24.3 Å². The van der Waals surface area contributed by atoms with Crippen LogP contribution in [0.25, 0.3) is 33.7 Å². The zero-order valence-electron chi connectivity index (χ0n) is 20.2. The van der Waals surface area contributed by atoms with Crippen LogP contribution in [0.4, 0.5) is 23.2 Å². The molecule has 38 heavy (non-hydrogen) atoms. The predicted molar refractivity (Wildman–Crippen MR) is 134 cm³/mol. The van der Waals surface area contributed by atoms with Crippen molar-refractivity contribution in [3.63, 3.8) is 0 Å². The van der Waals surface area contributed by atoms with Gasteiger partial charge in [-0.15, -0.1) is 0 Å². The van der Waals surface area contributed by atoms with Gasteiger partial charge in [0.1, 0.15) is 24.5 Å². The van der Waals surface area contributed by atoms with Gasteiger partial charge in [-0.1, -0.05) is 24.3 Å². The average molecular weight is 529 g/mol. The van der Waals surface area contributed by atoms with Crippen LogP contribution in [0.5, 0.6) is 5.75 Å². The van der Waals surface area contributed by atoms with Crippen LogP contribution in [-0.2, 0) is 11.0 Å². The summed E-state index contributed by atoms with van der Waals surface area (Å²) in [4.78, 5) is 17.7. The van der Waals surface area contributed by atoms with E-state index in [-0.39, 0.29) is 40.9 Å². The number of ether oxygens (including phenoxy) is 1. The zero-order valence-corrected chi connectivity index (χ0v) is 20.2. The third-order valence-corrected chi connectivity index (χ3v) is 6.66. The van der Waals surface area contributed by atoms with Gasteiger partial charge >= 0.3 is 12.1 Å². The van der Waals surface area contributed by atoms with Crippen LogP contribution in [-0.4, -0.2) is 42.4 Å². The lowest BCUT2D eigenvalue weighted by molar-refractivity contribution is -0.142. The molecule has 2 heterocycles. The first-order valence-corrected chi connectivity index (χ1v) is 12.1. The molecular formula is C28H24F4N2O4. The van der Waals surface area contributed by atoms with E-state index in [1.807, 2.05) is 6.07 Å². The van der Waals surface area contributed by atoms with Crippen LogP contribution in [0, 0.1) is 5.92 Å². The number of nitrogens with zero attached hydrogens (tertiary/aromatic N) is 2. The van der Waals surface area contributed by atoms with Gasteiger partial charge in [0.2, 0.25) is 5.89 Å². The minimum atomic E-state index is -4.68. The Kier molecular flexibility index (Phi) is 6.96. The predicted octanol–water partition coefficient (Wildman–Crippen LogP) is 6.83. The summed E-state index contributed by atoms with van der Waals surface area (Å²) >= 11 is 0. The fourth-order valence-electron chi connectivity index (χ4n) is 4.73. The number of rotatable bonds is 7. The van der Waals surface area contributed by atoms with E-state index in [2.05, 4.69) is 9.88 Å².